The first-order valence-electron chi connectivity index (χ1n) is 9.33. The highest BCUT2D eigenvalue weighted by atomic mass is 32.2. The molecule has 5 atom stereocenters. The zero-order chi connectivity index (χ0) is 19.3. The van der Waals surface area contributed by atoms with Crippen LogP contribution in [0.25, 0.3) is 0 Å². The molecular formula is C21H19NO5S. The van der Waals surface area contributed by atoms with E-state index in [2.05, 4.69) is 0 Å². The third-order valence-electron chi connectivity index (χ3n) is 5.38. The molecule has 0 N–H and O–H groups in total. The molecule has 0 aliphatic carbocycles. The molecule has 144 valence electrons. The zero-order valence-electron chi connectivity index (χ0n) is 15.2. The molecule has 5 rings (SSSR count). The summed E-state index contributed by atoms with van der Waals surface area (Å²) >= 11 is 1.59. The predicted octanol–water partition coefficient (Wildman–Crippen LogP) is 2.99. The first-order chi connectivity index (χ1) is 13.7. The summed E-state index contributed by atoms with van der Waals surface area (Å²) in [7, 11) is 0. The fourth-order valence-corrected chi connectivity index (χ4v) is 5.68. The third kappa shape index (κ3) is 2.69. The van der Waals surface area contributed by atoms with Gasteiger partial charge in [0.15, 0.2) is 18.0 Å². The van der Waals surface area contributed by atoms with Crippen molar-refractivity contribution in [2.24, 2.45) is 0 Å². The SMILES string of the molecule is CCOC(=O)[C@@H]1ON2O[C@H](C(=O)c3ccccc3)[C@H]3c4ccccc4S[C@@H]1[C@H]32. The second-order valence-electron chi connectivity index (χ2n) is 6.96. The van der Waals surface area contributed by atoms with Gasteiger partial charge in [-0.2, -0.15) is 0 Å². The molecule has 0 spiro atoms. The third-order valence-corrected chi connectivity index (χ3v) is 6.81. The summed E-state index contributed by atoms with van der Waals surface area (Å²) in [5, 5.41) is 1.17. The van der Waals surface area contributed by atoms with E-state index in [0.29, 0.717) is 5.56 Å². The molecular weight excluding hydrogens is 378 g/mol. The molecule has 3 heterocycles. The Morgan fingerprint density at radius 3 is 2.54 bits per heavy atom. The number of ketones is 1. The van der Waals surface area contributed by atoms with E-state index in [-0.39, 0.29) is 29.6 Å². The summed E-state index contributed by atoms with van der Waals surface area (Å²) < 4.78 is 5.19. The minimum absolute atomic E-state index is 0.0864. The van der Waals surface area contributed by atoms with Crippen LogP contribution in [0.2, 0.25) is 0 Å². The highest BCUT2D eigenvalue weighted by Crippen LogP contribution is 2.54. The van der Waals surface area contributed by atoms with Crippen LogP contribution >= 0.6 is 11.8 Å². The van der Waals surface area contributed by atoms with E-state index in [0.717, 1.165) is 10.5 Å². The summed E-state index contributed by atoms with van der Waals surface area (Å²) in [6.07, 6.45) is -1.45. The van der Waals surface area contributed by atoms with Gasteiger partial charge in [-0.1, -0.05) is 53.8 Å². The van der Waals surface area contributed by atoms with Gasteiger partial charge >= 0.3 is 5.97 Å². The van der Waals surface area contributed by atoms with Gasteiger partial charge in [0.05, 0.1) is 17.9 Å². The van der Waals surface area contributed by atoms with Crippen molar-refractivity contribution < 1.29 is 24.0 Å². The Labute approximate surface area is 166 Å². The highest BCUT2D eigenvalue weighted by molar-refractivity contribution is 8.00. The number of carbonyl (C=O) groups excluding carboxylic acids is 2. The number of fused-ring (bicyclic) bond motifs is 2. The molecule has 2 fully saturated rings. The van der Waals surface area contributed by atoms with Gasteiger partial charge in [-0.05, 0) is 18.6 Å². The number of ether oxygens (including phenoxy) is 1. The first kappa shape index (κ1) is 17.9. The molecule has 0 unspecified atom stereocenters. The Bertz CT molecular complexity index is 920. The second kappa shape index (κ2) is 7.00. The molecule has 2 saturated heterocycles. The van der Waals surface area contributed by atoms with Crippen molar-refractivity contribution in [1.29, 1.82) is 0 Å². The van der Waals surface area contributed by atoms with Gasteiger partial charge in [0.2, 0.25) is 0 Å². The molecule has 0 radical (unpaired) electrons. The van der Waals surface area contributed by atoms with Crippen molar-refractivity contribution in [2.45, 2.75) is 41.2 Å². The number of hydrogen-bond acceptors (Lipinski definition) is 7. The van der Waals surface area contributed by atoms with Crippen LogP contribution in [0, 0.1) is 0 Å². The van der Waals surface area contributed by atoms with E-state index in [1.165, 1.54) is 5.23 Å². The van der Waals surface area contributed by atoms with Crippen LogP contribution in [0.5, 0.6) is 0 Å². The quantitative estimate of drug-likeness (QED) is 0.580. The van der Waals surface area contributed by atoms with Crippen molar-refractivity contribution >= 4 is 23.5 Å². The maximum atomic E-state index is 13.2. The molecule has 6 nitrogen and oxygen atoms in total. The van der Waals surface area contributed by atoms with E-state index >= 15 is 0 Å². The Kier molecular flexibility index (Phi) is 4.47. The Hall–Kier alpha value is -2.19. The van der Waals surface area contributed by atoms with Crippen molar-refractivity contribution in [2.75, 3.05) is 6.61 Å². The van der Waals surface area contributed by atoms with Crippen molar-refractivity contribution in [3.8, 4) is 0 Å². The fourth-order valence-electron chi connectivity index (χ4n) is 4.20. The molecule has 2 aromatic carbocycles. The number of hydrogen-bond donors (Lipinski definition) is 0. The summed E-state index contributed by atoms with van der Waals surface area (Å²) in [5.74, 6) is -0.701. The summed E-state index contributed by atoms with van der Waals surface area (Å²) in [6, 6.07) is 16.9. The van der Waals surface area contributed by atoms with Crippen LogP contribution in [-0.2, 0) is 19.2 Å². The first-order valence-corrected chi connectivity index (χ1v) is 10.2. The molecule has 28 heavy (non-hydrogen) atoms. The van der Waals surface area contributed by atoms with Gasteiger partial charge in [0.25, 0.3) is 0 Å². The number of thioether (sulfide) groups is 1. The monoisotopic (exact) mass is 397 g/mol. The number of esters is 1. The number of hydroxylamine groups is 2. The molecule has 0 aromatic heterocycles. The Morgan fingerprint density at radius 2 is 1.75 bits per heavy atom. The standard InChI is InChI=1S/C21H19NO5S/c1-2-25-21(24)19-20-16-15(13-10-6-7-11-14(13)28-20)18(26-22(16)27-19)17(23)12-8-4-3-5-9-12/h3-11,15-16,18-20H,2H2,1H3/t15-,16-,18-,19+,20+/m0/s1. The van der Waals surface area contributed by atoms with Gasteiger partial charge in [-0.3, -0.25) is 14.5 Å². The lowest BCUT2D eigenvalue weighted by molar-refractivity contribution is -0.347. The van der Waals surface area contributed by atoms with E-state index in [4.69, 9.17) is 14.4 Å². The predicted molar refractivity (Wildman–Crippen MR) is 102 cm³/mol. The van der Waals surface area contributed by atoms with E-state index in [1.807, 2.05) is 42.5 Å². The van der Waals surface area contributed by atoms with Gasteiger partial charge in [-0.15, -0.1) is 11.8 Å². The molecule has 0 saturated carbocycles. The molecule has 2 aromatic rings. The summed E-state index contributed by atoms with van der Waals surface area (Å²) in [5.41, 5.74) is 1.65. The van der Waals surface area contributed by atoms with Crippen molar-refractivity contribution in [3.05, 3.63) is 65.7 Å². The van der Waals surface area contributed by atoms with Crippen LogP contribution in [0.15, 0.2) is 59.5 Å². The normalized spacial score (nSPS) is 30.5. The Morgan fingerprint density at radius 1 is 1.04 bits per heavy atom. The Balaban J connectivity index is 1.54. The number of benzene rings is 2. The maximum Gasteiger partial charge on any atom is 0.338 e. The second-order valence-corrected chi connectivity index (χ2v) is 8.18. The van der Waals surface area contributed by atoms with Crippen LogP contribution in [0.4, 0.5) is 0 Å². The smallest absolute Gasteiger partial charge is 0.338 e. The molecule has 7 heteroatoms. The molecule has 3 aliphatic rings. The van der Waals surface area contributed by atoms with Gasteiger partial charge < -0.3 is 4.74 Å². The fraction of sp³-hybridized carbons (Fsp3) is 0.333. The average Bonchev–Trinajstić information content (AvgIpc) is 3.28. The lowest BCUT2D eigenvalue weighted by atomic mass is 9.82. The number of Topliss-reactive ketones (excluding diaryl/α,β-unsaturated/α-hetero) is 1. The topological polar surface area (TPSA) is 65.1 Å². The van der Waals surface area contributed by atoms with Gasteiger partial charge in [-0.25, -0.2) is 4.79 Å². The van der Waals surface area contributed by atoms with Crippen LogP contribution in [-0.4, -0.2) is 47.1 Å². The lowest BCUT2D eigenvalue weighted by Crippen LogP contribution is -2.42. The number of carbonyl (C=O) groups is 2. The minimum atomic E-state index is -0.751. The van der Waals surface area contributed by atoms with Crippen LogP contribution < -0.4 is 0 Å². The maximum absolute atomic E-state index is 13.2. The van der Waals surface area contributed by atoms with Gasteiger partial charge in [0.1, 0.15) is 0 Å². The molecule has 3 aliphatic heterocycles. The van der Waals surface area contributed by atoms with Gasteiger partial charge in [0, 0.05) is 16.4 Å². The largest absolute Gasteiger partial charge is 0.464 e. The highest BCUT2D eigenvalue weighted by Gasteiger charge is 2.62. The number of nitrogens with zero attached hydrogens (tertiary/aromatic N) is 1. The number of rotatable bonds is 4. The van der Waals surface area contributed by atoms with E-state index in [1.54, 1.807) is 30.8 Å². The van der Waals surface area contributed by atoms with E-state index < -0.39 is 18.2 Å². The molecule has 0 bridgehead atoms. The summed E-state index contributed by atoms with van der Waals surface area (Å²) in [6.45, 7) is 2.06. The van der Waals surface area contributed by atoms with Crippen LogP contribution in [0.1, 0.15) is 28.8 Å². The van der Waals surface area contributed by atoms with Crippen LogP contribution in [0.3, 0.4) is 0 Å². The van der Waals surface area contributed by atoms with Crippen molar-refractivity contribution in [1.82, 2.24) is 5.23 Å². The summed E-state index contributed by atoms with van der Waals surface area (Å²) in [4.78, 5) is 38.5. The molecule has 0 amide bonds. The van der Waals surface area contributed by atoms with Crippen molar-refractivity contribution in [3.63, 3.8) is 0 Å². The average molecular weight is 397 g/mol. The van der Waals surface area contributed by atoms with E-state index in [9.17, 15) is 9.59 Å². The lowest BCUT2D eigenvalue weighted by Gasteiger charge is -2.32. The minimum Gasteiger partial charge on any atom is -0.464 e. The zero-order valence-corrected chi connectivity index (χ0v) is 16.0.